The Labute approximate surface area is 188 Å². The van der Waals surface area contributed by atoms with Gasteiger partial charge in [-0.2, -0.15) is 5.10 Å². The highest BCUT2D eigenvalue weighted by atomic mass is 79.9. The van der Waals surface area contributed by atoms with Gasteiger partial charge in [0, 0.05) is 24.9 Å². The van der Waals surface area contributed by atoms with Crippen molar-refractivity contribution in [3.05, 3.63) is 16.9 Å². The van der Waals surface area contributed by atoms with Crippen molar-refractivity contribution in [3.63, 3.8) is 0 Å². The number of halogens is 1. The summed E-state index contributed by atoms with van der Waals surface area (Å²) in [6, 6.07) is 2.11. The number of fused-ring (bicyclic) bond motifs is 1. The summed E-state index contributed by atoms with van der Waals surface area (Å²) in [6.07, 6.45) is 5.04. The van der Waals surface area contributed by atoms with Crippen molar-refractivity contribution in [3.8, 4) is 0 Å². The summed E-state index contributed by atoms with van der Waals surface area (Å²) in [7, 11) is -1.77. The van der Waals surface area contributed by atoms with Gasteiger partial charge < -0.3 is 9.53 Å². The molecule has 2 heterocycles. The number of amides is 1. The summed E-state index contributed by atoms with van der Waals surface area (Å²) < 4.78 is 9.42. The molecule has 2 aromatic heterocycles. The van der Waals surface area contributed by atoms with E-state index in [-0.39, 0.29) is 11.1 Å². The standard InChI is InChI=1S/C21H33BrN4O3Si/c1-7-25(20(27)28)18-12-17-16(13-23-18)19(22)24-26(17)14-8-10-15(11-9-14)29-30(5,6)21(2,3)4/h12-15H,7-11H2,1-6H3,(H,27,28). The first-order valence-corrected chi connectivity index (χ1v) is 14.4. The van der Waals surface area contributed by atoms with Crippen LogP contribution in [-0.2, 0) is 4.43 Å². The van der Waals surface area contributed by atoms with E-state index in [1.807, 2.05) is 10.7 Å². The van der Waals surface area contributed by atoms with Gasteiger partial charge in [-0.25, -0.2) is 9.78 Å². The fraction of sp³-hybridized carbons (Fsp3) is 0.667. The van der Waals surface area contributed by atoms with E-state index >= 15 is 0 Å². The van der Waals surface area contributed by atoms with E-state index in [1.54, 1.807) is 13.1 Å². The number of rotatable bonds is 5. The minimum absolute atomic E-state index is 0.214. The fourth-order valence-electron chi connectivity index (χ4n) is 3.81. The molecule has 0 unspecified atom stereocenters. The van der Waals surface area contributed by atoms with Gasteiger partial charge in [-0.05, 0) is 66.7 Å². The van der Waals surface area contributed by atoms with Gasteiger partial charge in [0.25, 0.3) is 0 Å². The van der Waals surface area contributed by atoms with Crippen molar-refractivity contribution in [1.82, 2.24) is 14.8 Å². The van der Waals surface area contributed by atoms with E-state index in [0.29, 0.717) is 18.5 Å². The first-order chi connectivity index (χ1) is 13.9. The molecule has 0 atom stereocenters. The molecular weight excluding hydrogens is 464 g/mol. The number of aromatic nitrogens is 3. The molecule has 30 heavy (non-hydrogen) atoms. The van der Waals surface area contributed by atoms with Crippen LogP contribution in [0.25, 0.3) is 10.9 Å². The van der Waals surface area contributed by atoms with Crippen molar-refractivity contribution in [2.75, 3.05) is 11.4 Å². The first kappa shape index (κ1) is 23.2. The Morgan fingerprint density at radius 3 is 2.50 bits per heavy atom. The molecule has 1 aliphatic rings. The fourth-order valence-corrected chi connectivity index (χ4v) is 5.71. The van der Waals surface area contributed by atoms with E-state index in [2.05, 4.69) is 54.8 Å². The van der Waals surface area contributed by atoms with Gasteiger partial charge in [-0.3, -0.25) is 9.58 Å². The van der Waals surface area contributed by atoms with Crippen LogP contribution in [0.3, 0.4) is 0 Å². The highest BCUT2D eigenvalue weighted by molar-refractivity contribution is 9.10. The molecule has 0 spiro atoms. The minimum atomic E-state index is -1.77. The van der Waals surface area contributed by atoms with Gasteiger partial charge in [0.15, 0.2) is 8.32 Å². The Bertz CT molecular complexity index is 917. The third kappa shape index (κ3) is 4.57. The van der Waals surface area contributed by atoms with E-state index in [9.17, 15) is 9.90 Å². The highest BCUT2D eigenvalue weighted by Gasteiger charge is 2.40. The molecule has 0 radical (unpaired) electrons. The lowest BCUT2D eigenvalue weighted by Crippen LogP contribution is -2.44. The number of nitrogens with zero attached hydrogens (tertiary/aromatic N) is 4. The summed E-state index contributed by atoms with van der Waals surface area (Å²) in [4.78, 5) is 17.1. The molecule has 1 saturated carbocycles. The zero-order chi connectivity index (χ0) is 22.3. The average Bonchev–Trinajstić information content (AvgIpc) is 2.98. The lowest BCUT2D eigenvalue weighted by atomic mass is 9.93. The van der Waals surface area contributed by atoms with Gasteiger partial charge in [0.05, 0.1) is 16.9 Å². The molecule has 166 valence electrons. The van der Waals surface area contributed by atoms with Gasteiger partial charge in [-0.15, -0.1) is 0 Å². The molecule has 7 nitrogen and oxygen atoms in total. The maximum Gasteiger partial charge on any atom is 0.412 e. The summed E-state index contributed by atoms with van der Waals surface area (Å²) in [5.41, 5.74) is 0.917. The molecule has 0 saturated heterocycles. The SMILES string of the molecule is CCN(C(=O)O)c1cc2c(cn1)c(Br)nn2C1CCC(O[Si](C)(C)C(C)(C)C)CC1. The predicted octanol–water partition coefficient (Wildman–Crippen LogP) is 6.20. The number of carboxylic acid groups (broad SMARTS) is 1. The Morgan fingerprint density at radius 1 is 1.33 bits per heavy atom. The van der Waals surface area contributed by atoms with Gasteiger partial charge in [0.1, 0.15) is 10.4 Å². The van der Waals surface area contributed by atoms with Crippen LogP contribution < -0.4 is 4.90 Å². The molecule has 1 amide bonds. The Morgan fingerprint density at radius 2 is 1.97 bits per heavy atom. The van der Waals surface area contributed by atoms with E-state index in [0.717, 1.165) is 41.2 Å². The second-order valence-electron chi connectivity index (χ2n) is 9.63. The largest absolute Gasteiger partial charge is 0.465 e. The average molecular weight is 498 g/mol. The van der Waals surface area contributed by atoms with Crippen molar-refractivity contribution in [2.24, 2.45) is 0 Å². The smallest absolute Gasteiger partial charge is 0.412 e. The van der Waals surface area contributed by atoms with Crippen LogP contribution in [0.2, 0.25) is 18.1 Å². The molecule has 1 aliphatic carbocycles. The maximum absolute atomic E-state index is 11.5. The highest BCUT2D eigenvalue weighted by Crippen LogP contribution is 2.41. The molecule has 0 aromatic carbocycles. The van der Waals surface area contributed by atoms with Crippen LogP contribution in [0.15, 0.2) is 16.9 Å². The number of hydrogen-bond donors (Lipinski definition) is 1. The third-order valence-corrected chi connectivity index (χ3v) is 11.7. The zero-order valence-corrected chi connectivity index (χ0v) is 21.4. The molecule has 9 heteroatoms. The molecule has 0 aliphatic heterocycles. The number of anilines is 1. The summed E-state index contributed by atoms with van der Waals surface area (Å²) in [6.45, 7) is 13.6. The van der Waals surface area contributed by atoms with Crippen LogP contribution in [0.4, 0.5) is 10.6 Å². The van der Waals surface area contributed by atoms with Gasteiger partial charge in [-0.1, -0.05) is 20.8 Å². The zero-order valence-electron chi connectivity index (χ0n) is 18.8. The van der Waals surface area contributed by atoms with Gasteiger partial charge >= 0.3 is 6.09 Å². The Hall–Kier alpha value is -1.45. The first-order valence-electron chi connectivity index (χ1n) is 10.7. The minimum Gasteiger partial charge on any atom is -0.465 e. The molecule has 0 bridgehead atoms. The lowest BCUT2D eigenvalue weighted by Gasteiger charge is -2.41. The lowest BCUT2D eigenvalue weighted by molar-refractivity contribution is 0.116. The Balaban J connectivity index is 1.80. The van der Waals surface area contributed by atoms with Crippen LogP contribution in [0, 0.1) is 0 Å². The van der Waals surface area contributed by atoms with Crippen LogP contribution in [0.1, 0.15) is 59.4 Å². The van der Waals surface area contributed by atoms with E-state index in [1.165, 1.54) is 4.90 Å². The quantitative estimate of drug-likeness (QED) is 0.497. The number of pyridine rings is 1. The van der Waals surface area contributed by atoms with Crippen LogP contribution >= 0.6 is 15.9 Å². The van der Waals surface area contributed by atoms with Crippen molar-refractivity contribution in [2.45, 2.75) is 83.7 Å². The summed E-state index contributed by atoms with van der Waals surface area (Å²) in [5, 5.41) is 15.3. The number of carbonyl (C=O) groups is 1. The van der Waals surface area contributed by atoms with Crippen molar-refractivity contribution >= 4 is 47.1 Å². The number of hydrogen-bond acceptors (Lipinski definition) is 4. The molecule has 3 rings (SSSR count). The molecule has 2 aromatic rings. The van der Waals surface area contributed by atoms with Crippen molar-refractivity contribution < 1.29 is 14.3 Å². The second kappa shape index (κ2) is 8.59. The topological polar surface area (TPSA) is 80.5 Å². The van der Waals surface area contributed by atoms with Crippen LogP contribution in [0.5, 0.6) is 0 Å². The van der Waals surface area contributed by atoms with Crippen molar-refractivity contribution in [1.29, 1.82) is 0 Å². The summed E-state index contributed by atoms with van der Waals surface area (Å²) >= 11 is 3.54. The molecular formula is C21H33BrN4O3Si. The molecule has 1 fully saturated rings. The van der Waals surface area contributed by atoms with Gasteiger partial charge in [0.2, 0.25) is 0 Å². The maximum atomic E-state index is 11.5. The second-order valence-corrected chi connectivity index (χ2v) is 15.1. The Kier molecular flexibility index (Phi) is 6.65. The molecule has 1 N–H and O–H groups in total. The third-order valence-electron chi connectivity index (χ3n) is 6.61. The monoisotopic (exact) mass is 496 g/mol. The normalized spacial score (nSPS) is 20.5. The van der Waals surface area contributed by atoms with E-state index in [4.69, 9.17) is 9.52 Å². The predicted molar refractivity (Wildman–Crippen MR) is 126 cm³/mol. The van der Waals surface area contributed by atoms with E-state index < -0.39 is 14.4 Å². The van der Waals surface area contributed by atoms with Crippen LogP contribution in [-0.4, -0.2) is 46.9 Å². The summed E-state index contributed by atoms with van der Waals surface area (Å²) in [5.74, 6) is 0.432.